The highest BCUT2D eigenvalue weighted by molar-refractivity contribution is 7.84. The van der Waals surface area contributed by atoms with Gasteiger partial charge in [-0.3, -0.25) is 4.21 Å². The molecule has 0 aromatic heterocycles. The predicted octanol–water partition coefficient (Wildman–Crippen LogP) is 0.343. The van der Waals surface area contributed by atoms with Gasteiger partial charge in [0, 0.05) is 28.9 Å². The molecule has 0 aromatic carbocycles. The lowest BCUT2D eigenvalue weighted by Gasteiger charge is -2.24. The highest BCUT2D eigenvalue weighted by Crippen LogP contribution is 2.09. The summed E-state index contributed by atoms with van der Waals surface area (Å²) in [6.07, 6.45) is 4.31. The first-order valence-electron chi connectivity index (χ1n) is 5.42. The van der Waals surface area contributed by atoms with Gasteiger partial charge in [-0.25, -0.2) is 0 Å². The molecule has 3 nitrogen and oxygen atoms in total. The van der Waals surface area contributed by atoms with Crippen LogP contribution in [0.25, 0.3) is 0 Å². The molecule has 1 heterocycles. The minimum absolute atomic E-state index is 0.385. The van der Waals surface area contributed by atoms with E-state index in [2.05, 4.69) is 17.6 Å². The Morgan fingerprint density at radius 2 is 2.14 bits per heavy atom. The Hall–Kier alpha value is 0.0700. The Balaban J connectivity index is 2.09. The fourth-order valence-electron chi connectivity index (χ4n) is 1.86. The lowest BCUT2D eigenvalue weighted by atomic mass is 9.98. The van der Waals surface area contributed by atoms with Crippen LogP contribution in [0, 0.1) is 5.92 Å². The van der Waals surface area contributed by atoms with Gasteiger partial charge in [0.15, 0.2) is 0 Å². The van der Waals surface area contributed by atoms with Crippen molar-refractivity contribution in [3.05, 3.63) is 0 Å². The summed E-state index contributed by atoms with van der Waals surface area (Å²) in [5, 5.41) is 6.82. The van der Waals surface area contributed by atoms with E-state index in [0.717, 1.165) is 31.3 Å². The van der Waals surface area contributed by atoms with E-state index in [1.807, 2.05) is 0 Å². The maximum absolute atomic E-state index is 11.0. The molecule has 0 bridgehead atoms. The van der Waals surface area contributed by atoms with Crippen LogP contribution in [0.3, 0.4) is 0 Å². The highest BCUT2D eigenvalue weighted by atomic mass is 32.2. The van der Waals surface area contributed by atoms with Crippen molar-refractivity contribution >= 4 is 10.8 Å². The molecule has 14 heavy (non-hydrogen) atoms. The molecule has 84 valence electrons. The summed E-state index contributed by atoms with van der Waals surface area (Å²) in [6.45, 7) is 5.50. The summed E-state index contributed by atoms with van der Waals surface area (Å²) in [5.41, 5.74) is 0. The van der Waals surface area contributed by atoms with E-state index in [1.165, 1.54) is 12.8 Å². The van der Waals surface area contributed by atoms with Crippen molar-refractivity contribution in [3.63, 3.8) is 0 Å². The second-order valence-corrected chi connectivity index (χ2v) is 5.72. The fraction of sp³-hybridized carbons (Fsp3) is 1.00. The smallest absolute Gasteiger partial charge is 0.0383 e. The van der Waals surface area contributed by atoms with Gasteiger partial charge >= 0.3 is 0 Å². The molecule has 1 fully saturated rings. The summed E-state index contributed by atoms with van der Waals surface area (Å²) in [4.78, 5) is 0. The second kappa shape index (κ2) is 6.53. The summed E-state index contributed by atoms with van der Waals surface area (Å²) in [5.74, 6) is 1.58. The van der Waals surface area contributed by atoms with Crippen molar-refractivity contribution in [3.8, 4) is 0 Å². The Kier molecular flexibility index (Phi) is 5.67. The van der Waals surface area contributed by atoms with E-state index in [9.17, 15) is 4.21 Å². The van der Waals surface area contributed by atoms with Crippen molar-refractivity contribution in [1.82, 2.24) is 10.6 Å². The number of rotatable bonds is 5. The lowest BCUT2D eigenvalue weighted by molar-refractivity contribution is 0.348. The molecule has 2 atom stereocenters. The van der Waals surface area contributed by atoms with E-state index in [4.69, 9.17) is 0 Å². The summed E-state index contributed by atoms with van der Waals surface area (Å²) in [7, 11) is -0.677. The Morgan fingerprint density at radius 1 is 1.50 bits per heavy atom. The van der Waals surface area contributed by atoms with Crippen molar-refractivity contribution in [2.24, 2.45) is 5.92 Å². The third kappa shape index (κ3) is 5.08. The molecule has 0 spiro atoms. The molecular formula is C10H22N2OS. The van der Waals surface area contributed by atoms with Gasteiger partial charge < -0.3 is 10.6 Å². The summed E-state index contributed by atoms with van der Waals surface area (Å²) < 4.78 is 11.0. The topological polar surface area (TPSA) is 41.1 Å². The quantitative estimate of drug-likeness (QED) is 0.699. The van der Waals surface area contributed by atoms with E-state index in [-0.39, 0.29) is 0 Å². The molecule has 0 saturated carbocycles. The van der Waals surface area contributed by atoms with Crippen LogP contribution in [0.15, 0.2) is 0 Å². The van der Waals surface area contributed by atoms with E-state index < -0.39 is 10.8 Å². The van der Waals surface area contributed by atoms with Crippen molar-refractivity contribution in [1.29, 1.82) is 0 Å². The third-order valence-electron chi connectivity index (χ3n) is 2.70. The minimum Gasteiger partial charge on any atom is -0.317 e. The van der Waals surface area contributed by atoms with Gasteiger partial charge in [0.25, 0.3) is 0 Å². The molecule has 0 aliphatic carbocycles. The van der Waals surface area contributed by atoms with Crippen LogP contribution in [0.4, 0.5) is 0 Å². The maximum atomic E-state index is 11.0. The molecule has 1 rings (SSSR count). The predicted molar refractivity (Wildman–Crippen MR) is 62.0 cm³/mol. The van der Waals surface area contributed by atoms with Gasteiger partial charge in [-0.05, 0) is 45.3 Å². The Labute approximate surface area is 89.5 Å². The number of piperidine rings is 1. The van der Waals surface area contributed by atoms with Gasteiger partial charge in [-0.2, -0.15) is 0 Å². The molecule has 2 unspecified atom stereocenters. The molecular weight excluding hydrogens is 196 g/mol. The van der Waals surface area contributed by atoms with Crippen molar-refractivity contribution < 1.29 is 4.21 Å². The van der Waals surface area contributed by atoms with Gasteiger partial charge in [-0.15, -0.1) is 0 Å². The zero-order chi connectivity index (χ0) is 10.4. The molecule has 1 aliphatic heterocycles. The van der Waals surface area contributed by atoms with Crippen molar-refractivity contribution in [2.75, 3.05) is 31.6 Å². The number of hydrogen-bond acceptors (Lipinski definition) is 3. The minimum atomic E-state index is -0.677. The third-order valence-corrected chi connectivity index (χ3v) is 3.67. The SMILES string of the molecule is CC(CS(C)=O)NCC1CCNCC1. The lowest BCUT2D eigenvalue weighted by Crippen LogP contribution is -2.38. The van der Waals surface area contributed by atoms with Crippen LogP contribution in [0.2, 0.25) is 0 Å². The van der Waals surface area contributed by atoms with Crippen LogP contribution in [0.5, 0.6) is 0 Å². The first kappa shape index (κ1) is 12.1. The van der Waals surface area contributed by atoms with Crippen molar-refractivity contribution in [2.45, 2.75) is 25.8 Å². The molecule has 4 heteroatoms. The Morgan fingerprint density at radius 3 is 2.71 bits per heavy atom. The normalized spacial score (nSPS) is 23.3. The molecule has 0 amide bonds. The largest absolute Gasteiger partial charge is 0.317 e. The molecule has 1 saturated heterocycles. The monoisotopic (exact) mass is 218 g/mol. The second-order valence-electron chi connectivity index (χ2n) is 4.24. The number of hydrogen-bond donors (Lipinski definition) is 2. The van der Waals surface area contributed by atoms with Gasteiger partial charge in [0.1, 0.15) is 0 Å². The number of nitrogens with one attached hydrogen (secondary N) is 2. The molecule has 1 aliphatic rings. The molecule has 0 radical (unpaired) electrons. The average molecular weight is 218 g/mol. The zero-order valence-electron chi connectivity index (χ0n) is 9.21. The molecule has 0 aromatic rings. The summed E-state index contributed by atoms with van der Waals surface area (Å²) >= 11 is 0. The van der Waals surface area contributed by atoms with Crippen LogP contribution in [-0.2, 0) is 10.8 Å². The zero-order valence-corrected chi connectivity index (χ0v) is 10.0. The van der Waals surface area contributed by atoms with Crippen LogP contribution in [-0.4, -0.2) is 41.9 Å². The van der Waals surface area contributed by atoms with Crippen LogP contribution < -0.4 is 10.6 Å². The summed E-state index contributed by atoms with van der Waals surface area (Å²) in [6, 6.07) is 0.385. The first-order chi connectivity index (χ1) is 6.68. The van der Waals surface area contributed by atoms with Gasteiger partial charge in [0.2, 0.25) is 0 Å². The Bertz CT molecular complexity index is 181. The van der Waals surface area contributed by atoms with E-state index in [0.29, 0.717) is 6.04 Å². The average Bonchev–Trinajstić information content (AvgIpc) is 2.15. The fourth-order valence-corrected chi connectivity index (χ4v) is 2.69. The van der Waals surface area contributed by atoms with Crippen LogP contribution in [0.1, 0.15) is 19.8 Å². The van der Waals surface area contributed by atoms with Gasteiger partial charge in [-0.1, -0.05) is 0 Å². The highest BCUT2D eigenvalue weighted by Gasteiger charge is 2.13. The first-order valence-corrected chi connectivity index (χ1v) is 7.15. The maximum Gasteiger partial charge on any atom is 0.0383 e. The van der Waals surface area contributed by atoms with E-state index >= 15 is 0 Å². The standard InChI is InChI=1S/C10H22N2OS/c1-9(8-14(2)13)12-7-10-3-5-11-6-4-10/h9-12H,3-8H2,1-2H3. The van der Waals surface area contributed by atoms with Crippen LogP contribution >= 0.6 is 0 Å². The van der Waals surface area contributed by atoms with E-state index in [1.54, 1.807) is 6.26 Å². The van der Waals surface area contributed by atoms with Gasteiger partial charge in [0.05, 0.1) is 0 Å². The molecule has 2 N–H and O–H groups in total.